The summed E-state index contributed by atoms with van der Waals surface area (Å²) in [6, 6.07) is 9.68. The summed E-state index contributed by atoms with van der Waals surface area (Å²) >= 11 is 0. The van der Waals surface area contributed by atoms with E-state index in [2.05, 4.69) is 25.5 Å². The summed E-state index contributed by atoms with van der Waals surface area (Å²) in [5.74, 6) is 0.0435. The molecule has 0 saturated heterocycles. The van der Waals surface area contributed by atoms with Crippen LogP contribution in [0.2, 0.25) is 0 Å². The van der Waals surface area contributed by atoms with E-state index in [1.807, 2.05) is 57.3 Å². The summed E-state index contributed by atoms with van der Waals surface area (Å²) in [4.78, 5) is 21.0. The van der Waals surface area contributed by atoms with Gasteiger partial charge in [-0.3, -0.25) is 19.8 Å². The van der Waals surface area contributed by atoms with E-state index in [-0.39, 0.29) is 18.4 Å². The predicted molar refractivity (Wildman–Crippen MR) is 101 cm³/mol. The fourth-order valence-corrected chi connectivity index (χ4v) is 3.02. The van der Waals surface area contributed by atoms with Gasteiger partial charge in [-0.05, 0) is 45.0 Å². The van der Waals surface area contributed by atoms with Crippen LogP contribution < -0.4 is 5.32 Å². The molecule has 4 aromatic rings. The number of fused-ring (bicyclic) bond motifs is 1. The first-order valence-corrected chi connectivity index (χ1v) is 8.59. The quantitative estimate of drug-likeness (QED) is 0.603. The molecule has 8 nitrogen and oxygen atoms in total. The first kappa shape index (κ1) is 16.9. The van der Waals surface area contributed by atoms with Crippen molar-refractivity contribution in [3.63, 3.8) is 0 Å². The standard InChI is InChI=1S/C19H19N7O/c1-12-9-13(2)25(23-12)11-18(27)22-19-21-17-7-6-15(10-26(17)24-19)16-5-4-8-20-14(16)3/h4-10H,11H2,1-3H3,(H,22,24,27). The molecule has 136 valence electrons. The molecule has 0 aliphatic heterocycles. The molecule has 0 unspecified atom stereocenters. The molecule has 1 amide bonds. The summed E-state index contributed by atoms with van der Waals surface area (Å²) in [5, 5.41) is 11.4. The van der Waals surface area contributed by atoms with Crippen molar-refractivity contribution in [2.45, 2.75) is 27.3 Å². The van der Waals surface area contributed by atoms with Gasteiger partial charge < -0.3 is 0 Å². The van der Waals surface area contributed by atoms with Crippen molar-refractivity contribution in [3.05, 3.63) is 59.8 Å². The molecule has 8 heteroatoms. The van der Waals surface area contributed by atoms with Gasteiger partial charge in [0.1, 0.15) is 6.54 Å². The van der Waals surface area contributed by atoms with E-state index in [4.69, 9.17) is 0 Å². The molecule has 0 spiro atoms. The van der Waals surface area contributed by atoms with Crippen LogP contribution in [0.5, 0.6) is 0 Å². The number of amides is 1. The van der Waals surface area contributed by atoms with Crippen LogP contribution in [0.4, 0.5) is 5.95 Å². The van der Waals surface area contributed by atoms with Crippen LogP contribution in [0.3, 0.4) is 0 Å². The molecule has 0 bridgehead atoms. The highest BCUT2D eigenvalue weighted by molar-refractivity contribution is 5.89. The van der Waals surface area contributed by atoms with Gasteiger partial charge in [0.05, 0.1) is 5.69 Å². The van der Waals surface area contributed by atoms with Gasteiger partial charge in [-0.1, -0.05) is 6.07 Å². The molecule has 27 heavy (non-hydrogen) atoms. The van der Waals surface area contributed by atoms with Gasteiger partial charge in [-0.25, -0.2) is 4.52 Å². The Morgan fingerprint density at radius 1 is 1.15 bits per heavy atom. The number of pyridine rings is 2. The normalized spacial score (nSPS) is 11.1. The molecule has 0 fully saturated rings. The van der Waals surface area contributed by atoms with Gasteiger partial charge in [-0.2, -0.15) is 10.1 Å². The second kappa shape index (κ2) is 6.64. The highest BCUT2D eigenvalue weighted by atomic mass is 16.2. The van der Waals surface area contributed by atoms with Crippen LogP contribution in [0.25, 0.3) is 16.8 Å². The predicted octanol–water partition coefficient (Wildman–Crippen LogP) is 2.55. The lowest BCUT2D eigenvalue weighted by molar-refractivity contribution is -0.117. The molecule has 0 atom stereocenters. The van der Waals surface area contributed by atoms with Crippen molar-refractivity contribution in [1.82, 2.24) is 29.4 Å². The summed E-state index contributed by atoms with van der Waals surface area (Å²) in [6.45, 7) is 5.89. The lowest BCUT2D eigenvalue weighted by Crippen LogP contribution is -2.21. The molecule has 1 N–H and O–H groups in total. The third-order valence-electron chi connectivity index (χ3n) is 4.30. The van der Waals surface area contributed by atoms with Crippen molar-refractivity contribution in [2.24, 2.45) is 0 Å². The lowest BCUT2D eigenvalue weighted by Gasteiger charge is -2.04. The van der Waals surface area contributed by atoms with Crippen LogP contribution >= 0.6 is 0 Å². The van der Waals surface area contributed by atoms with Gasteiger partial charge in [-0.15, -0.1) is 5.10 Å². The molecular formula is C19H19N7O. The molecule has 0 aliphatic rings. The van der Waals surface area contributed by atoms with E-state index in [9.17, 15) is 4.79 Å². The Labute approximate surface area is 155 Å². The highest BCUT2D eigenvalue weighted by Crippen LogP contribution is 2.22. The number of nitrogens with zero attached hydrogens (tertiary/aromatic N) is 6. The number of hydrogen-bond acceptors (Lipinski definition) is 5. The molecular weight excluding hydrogens is 342 g/mol. The Balaban J connectivity index is 1.56. The molecule has 4 rings (SSSR count). The van der Waals surface area contributed by atoms with E-state index >= 15 is 0 Å². The van der Waals surface area contributed by atoms with Gasteiger partial charge in [0, 0.05) is 34.9 Å². The van der Waals surface area contributed by atoms with Crippen LogP contribution in [-0.4, -0.2) is 35.3 Å². The number of aryl methyl sites for hydroxylation is 3. The Morgan fingerprint density at radius 2 is 2.00 bits per heavy atom. The minimum atomic E-state index is -0.222. The van der Waals surface area contributed by atoms with Crippen LogP contribution in [0.15, 0.2) is 42.7 Å². The van der Waals surface area contributed by atoms with E-state index < -0.39 is 0 Å². The SMILES string of the molecule is Cc1cc(C)n(CC(=O)Nc2nc3ccc(-c4cccnc4C)cn3n2)n1. The van der Waals surface area contributed by atoms with Crippen LogP contribution in [0.1, 0.15) is 17.1 Å². The van der Waals surface area contributed by atoms with E-state index in [0.717, 1.165) is 28.2 Å². The van der Waals surface area contributed by atoms with Gasteiger partial charge in [0.25, 0.3) is 0 Å². The maximum Gasteiger partial charge on any atom is 0.249 e. The number of rotatable bonds is 4. The minimum Gasteiger partial charge on any atom is -0.292 e. The second-order valence-corrected chi connectivity index (χ2v) is 6.43. The van der Waals surface area contributed by atoms with E-state index in [0.29, 0.717) is 5.65 Å². The Kier molecular flexibility index (Phi) is 4.15. The number of carbonyl (C=O) groups is 1. The maximum absolute atomic E-state index is 12.3. The number of carbonyl (C=O) groups excluding carboxylic acids is 1. The number of aromatic nitrogens is 6. The Morgan fingerprint density at radius 3 is 2.74 bits per heavy atom. The summed E-state index contributed by atoms with van der Waals surface area (Å²) in [6.07, 6.45) is 3.65. The number of nitrogens with one attached hydrogen (secondary N) is 1. The second-order valence-electron chi connectivity index (χ2n) is 6.43. The van der Waals surface area contributed by atoms with Gasteiger partial charge >= 0.3 is 0 Å². The first-order chi connectivity index (χ1) is 13.0. The molecule has 0 saturated carbocycles. The zero-order valence-electron chi connectivity index (χ0n) is 15.3. The maximum atomic E-state index is 12.3. The average molecular weight is 361 g/mol. The molecule has 4 heterocycles. The minimum absolute atomic E-state index is 0.120. The van der Waals surface area contributed by atoms with Crippen molar-refractivity contribution in [2.75, 3.05) is 5.32 Å². The molecule has 0 radical (unpaired) electrons. The fraction of sp³-hybridized carbons (Fsp3) is 0.211. The summed E-state index contributed by atoms with van der Waals surface area (Å²) in [7, 11) is 0. The third-order valence-corrected chi connectivity index (χ3v) is 4.30. The number of anilines is 1. The number of hydrogen-bond donors (Lipinski definition) is 1. The topological polar surface area (TPSA) is 90.0 Å². The Bertz CT molecular complexity index is 1140. The van der Waals surface area contributed by atoms with Crippen molar-refractivity contribution < 1.29 is 4.79 Å². The third kappa shape index (κ3) is 3.41. The smallest absolute Gasteiger partial charge is 0.249 e. The van der Waals surface area contributed by atoms with Crippen molar-refractivity contribution >= 4 is 17.5 Å². The van der Waals surface area contributed by atoms with Crippen molar-refractivity contribution in [3.8, 4) is 11.1 Å². The highest BCUT2D eigenvalue weighted by Gasteiger charge is 2.12. The fourth-order valence-electron chi connectivity index (χ4n) is 3.02. The van der Waals surface area contributed by atoms with E-state index in [1.165, 1.54) is 0 Å². The molecule has 4 aromatic heterocycles. The average Bonchev–Trinajstić information content (AvgIpc) is 3.16. The monoisotopic (exact) mass is 361 g/mol. The molecule has 0 aromatic carbocycles. The van der Waals surface area contributed by atoms with Crippen molar-refractivity contribution in [1.29, 1.82) is 0 Å². The first-order valence-electron chi connectivity index (χ1n) is 8.59. The van der Waals surface area contributed by atoms with Gasteiger partial charge in [0.15, 0.2) is 5.65 Å². The largest absolute Gasteiger partial charge is 0.292 e. The zero-order valence-corrected chi connectivity index (χ0v) is 15.3. The summed E-state index contributed by atoms with van der Waals surface area (Å²) < 4.78 is 3.31. The Hall–Kier alpha value is -3.55. The van der Waals surface area contributed by atoms with Crippen LogP contribution in [-0.2, 0) is 11.3 Å². The lowest BCUT2D eigenvalue weighted by atomic mass is 10.1. The van der Waals surface area contributed by atoms with Gasteiger partial charge in [0.2, 0.25) is 11.9 Å². The van der Waals surface area contributed by atoms with E-state index in [1.54, 1.807) is 15.4 Å². The summed E-state index contributed by atoms with van der Waals surface area (Å²) in [5.41, 5.74) is 5.42. The zero-order chi connectivity index (χ0) is 19.0. The molecule has 0 aliphatic carbocycles. The van der Waals surface area contributed by atoms with Crippen LogP contribution in [0, 0.1) is 20.8 Å².